The molecule has 2 aromatic heterocycles. The number of benzene rings is 2. The Labute approximate surface area is 289 Å². The molecule has 1 fully saturated rings. The second kappa shape index (κ2) is 17.3. The fraction of sp³-hybridized carbons (Fsp3) is 0.324. The lowest BCUT2D eigenvalue weighted by atomic mass is 10.1. The molecule has 0 atom stereocenters. The molecule has 256 valence electrons. The largest absolute Gasteiger partial charge is 0.354 e. The van der Waals surface area contributed by atoms with Gasteiger partial charge in [0.1, 0.15) is 11.6 Å². The summed E-state index contributed by atoms with van der Waals surface area (Å²) in [5.41, 5.74) is 3.89. The van der Waals surface area contributed by atoms with Gasteiger partial charge < -0.3 is 30.2 Å². The first-order valence-corrected chi connectivity index (χ1v) is 16.5. The van der Waals surface area contributed by atoms with E-state index in [0.29, 0.717) is 36.1 Å². The fourth-order valence-electron chi connectivity index (χ4n) is 5.46. The van der Waals surface area contributed by atoms with Crippen molar-refractivity contribution in [2.75, 3.05) is 87.9 Å². The number of rotatable bonds is 15. The first-order chi connectivity index (χ1) is 23.8. The van der Waals surface area contributed by atoms with Gasteiger partial charge in [-0.15, -0.1) is 0 Å². The van der Waals surface area contributed by atoms with Crippen molar-refractivity contribution in [1.29, 1.82) is 0 Å². The molecule has 2 aromatic carbocycles. The molecule has 0 radical (unpaired) electrons. The standard InChI is InChI=1S/C37H46N10O2/c1-43(2)18-9-14-35(49)40-31-12-8-13-33(24-31)47(28-48)36-30(17-19-45(4)27-29-10-6-5-7-11-29)25-39-37(42-36)41-32-15-16-34(38-26-32)46-22-20-44(3)21-23-46/h5-16,24-26,28H,17-23,27H2,1-4H3,(H,40,49)(H,39,41,42)/b14-9+. The van der Waals surface area contributed by atoms with Gasteiger partial charge in [0.05, 0.1) is 17.6 Å². The summed E-state index contributed by atoms with van der Waals surface area (Å²) >= 11 is 0. The zero-order valence-electron chi connectivity index (χ0n) is 28.8. The Morgan fingerprint density at radius 1 is 0.918 bits per heavy atom. The number of aromatic nitrogens is 3. The topological polar surface area (TPSA) is 113 Å². The second-order valence-electron chi connectivity index (χ2n) is 12.5. The van der Waals surface area contributed by atoms with E-state index in [4.69, 9.17) is 4.98 Å². The highest BCUT2D eigenvalue weighted by Crippen LogP contribution is 2.29. The number of hydrogen-bond acceptors (Lipinski definition) is 10. The van der Waals surface area contributed by atoms with E-state index < -0.39 is 0 Å². The van der Waals surface area contributed by atoms with Gasteiger partial charge in [0, 0.05) is 69.3 Å². The van der Waals surface area contributed by atoms with Crippen molar-refractivity contribution in [3.05, 3.63) is 102 Å². The van der Waals surface area contributed by atoms with E-state index in [9.17, 15) is 9.59 Å². The third-order valence-electron chi connectivity index (χ3n) is 8.20. The molecule has 0 saturated carbocycles. The molecule has 1 aliphatic heterocycles. The molecule has 3 heterocycles. The zero-order chi connectivity index (χ0) is 34.6. The van der Waals surface area contributed by atoms with E-state index in [2.05, 4.69) is 61.5 Å². The number of hydrogen-bond donors (Lipinski definition) is 2. The Hall–Kier alpha value is -5.17. The van der Waals surface area contributed by atoms with E-state index in [-0.39, 0.29) is 5.91 Å². The van der Waals surface area contributed by atoms with E-state index in [0.717, 1.165) is 62.7 Å². The highest BCUT2D eigenvalue weighted by molar-refractivity contribution is 6.00. The van der Waals surface area contributed by atoms with Gasteiger partial charge in [-0.2, -0.15) is 4.98 Å². The Bertz CT molecular complexity index is 1690. The molecule has 49 heavy (non-hydrogen) atoms. The van der Waals surface area contributed by atoms with Gasteiger partial charge in [-0.1, -0.05) is 42.5 Å². The summed E-state index contributed by atoms with van der Waals surface area (Å²) in [6.45, 7) is 6.03. The summed E-state index contributed by atoms with van der Waals surface area (Å²) in [7, 11) is 8.07. The molecule has 4 aromatic rings. The normalized spacial score (nSPS) is 13.6. The highest BCUT2D eigenvalue weighted by atomic mass is 16.1. The molecule has 12 heteroatoms. The van der Waals surface area contributed by atoms with Gasteiger partial charge in [-0.25, -0.2) is 9.97 Å². The van der Waals surface area contributed by atoms with Gasteiger partial charge in [0.2, 0.25) is 18.3 Å². The first-order valence-electron chi connectivity index (χ1n) is 16.5. The average molecular weight is 663 g/mol. The number of likely N-dealkylation sites (N-methyl/N-ethyl adjacent to an activating group) is 3. The van der Waals surface area contributed by atoms with Gasteiger partial charge >= 0.3 is 0 Å². The highest BCUT2D eigenvalue weighted by Gasteiger charge is 2.19. The van der Waals surface area contributed by atoms with Crippen molar-refractivity contribution in [3.63, 3.8) is 0 Å². The Kier molecular flexibility index (Phi) is 12.4. The number of nitrogens with zero attached hydrogens (tertiary/aromatic N) is 8. The van der Waals surface area contributed by atoms with E-state index in [1.807, 2.05) is 55.4 Å². The molecule has 0 aliphatic carbocycles. The third kappa shape index (κ3) is 10.4. The molecule has 1 aliphatic rings. The Morgan fingerprint density at radius 3 is 2.43 bits per heavy atom. The number of pyridine rings is 1. The molecule has 2 amide bonds. The van der Waals surface area contributed by atoms with Crippen LogP contribution in [0.4, 0.5) is 34.6 Å². The van der Waals surface area contributed by atoms with E-state index >= 15 is 0 Å². The number of nitrogens with one attached hydrogen (secondary N) is 2. The lowest BCUT2D eigenvalue weighted by molar-refractivity contribution is -0.112. The van der Waals surface area contributed by atoms with E-state index in [1.165, 1.54) is 16.5 Å². The number of anilines is 6. The van der Waals surface area contributed by atoms with Gasteiger partial charge in [0.15, 0.2) is 0 Å². The summed E-state index contributed by atoms with van der Waals surface area (Å²) in [5, 5.41) is 6.16. The molecule has 0 bridgehead atoms. The van der Waals surface area contributed by atoms with Crippen molar-refractivity contribution >= 4 is 47.0 Å². The third-order valence-corrected chi connectivity index (χ3v) is 8.20. The van der Waals surface area contributed by atoms with Crippen LogP contribution in [0.3, 0.4) is 0 Å². The Balaban J connectivity index is 1.37. The maximum Gasteiger partial charge on any atom is 0.248 e. The smallest absolute Gasteiger partial charge is 0.248 e. The minimum absolute atomic E-state index is 0.250. The van der Waals surface area contributed by atoms with Crippen LogP contribution >= 0.6 is 0 Å². The summed E-state index contributed by atoms with van der Waals surface area (Å²) in [6, 6.07) is 21.4. The molecule has 12 nitrogen and oxygen atoms in total. The summed E-state index contributed by atoms with van der Waals surface area (Å²) in [6.07, 6.45) is 8.20. The van der Waals surface area contributed by atoms with Crippen molar-refractivity contribution < 1.29 is 9.59 Å². The predicted octanol–water partition coefficient (Wildman–Crippen LogP) is 4.39. The monoisotopic (exact) mass is 662 g/mol. The minimum atomic E-state index is -0.250. The van der Waals surface area contributed by atoms with Crippen LogP contribution in [0.25, 0.3) is 0 Å². The number of carbonyl (C=O) groups excluding carboxylic acids is 2. The van der Waals surface area contributed by atoms with Crippen LogP contribution in [0.15, 0.2) is 91.3 Å². The van der Waals surface area contributed by atoms with Gasteiger partial charge in [-0.05, 0) is 70.5 Å². The van der Waals surface area contributed by atoms with Crippen molar-refractivity contribution in [2.45, 2.75) is 13.0 Å². The number of carbonyl (C=O) groups is 2. The molecule has 0 spiro atoms. The molecule has 5 rings (SSSR count). The quantitative estimate of drug-likeness (QED) is 0.140. The van der Waals surface area contributed by atoms with Gasteiger partial charge in [-0.3, -0.25) is 14.5 Å². The van der Waals surface area contributed by atoms with Crippen LogP contribution in [0.1, 0.15) is 11.1 Å². The van der Waals surface area contributed by atoms with E-state index in [1.54, 1.807) is 36.7 Å². The minimum Gasteiger partial charge on any atom is -0.354 e. The maximum absolute atomic E-state index is 12.8. The second-order valence-corrected chi connectivity index (χ2v) is 12.5. The maximum atomic E-state index is 12.8. The molecule has 0 unspecified atom stereocenters. The molecule has 1 saturated heterocycles. The lowest BCUT2D eigenvalue weighted by Crippen LogP contribution is -2.44. The first kappa shape index (κ1) is 35.1. The summed E-state index contributed by atoms with van der Waals surface area (Å²) in [4.78, 5) is 49.8. The summed E-state index contributed by atoms with van der Waals surface area (Å²) in [5.74, 6) is 1.48. The van der Waals surface area contributed by atoms with Crippen LogP contribution in [0.2, 0.25) is 0 Å². The summed E-state index contributed by atoms with van der Waals surface area (Å²) < 4.78 is 0. The van der Waals surface area contributed by atoms with Crippen LogP contribution in [-0.2, 0) is 22.6 Å². The van der Waals surface area contributed by atoms with Gasteiger partial charge in [0.25, 0.3) is 0 Å². The number of amides is 2. The lowest BCUT2D eigenvalue weighted by Gasteiger charge is -2.33. The molecular formula is C37H46N10O2. The Morgan fingerprint density at radius 2 is 1.71 bits per heavy atom. The van der Waals surface area contributed by atoms with Crippen molar-refractivity contribution in [3.8, 4) is 0 Å². The molecular weight excluding hydrogens is 616 g/mol. The zero-order valence-corrected chi connectivity index (χ0v) is 28.8. The molecule has 2 N–H and O–H groups in total. The fourth-order valence-corrected chi connectivity index (χ4v) is 5.46. The average Bonchev–Trinajstić information content (AvgIpc) is 3.09. The number of piperazine rings is 1. The van der Waals surface area contributed by atoms with Crippen LogP contribution in [0, 0.1) is 0 Å². The van der Waals surface area contributed by atoms with Crippen LogP contribution < -0.4 is 20.4 Å². The predicted molar refractivity (Wildman–Crippen MR) is 197 cm³/mol. The van der Waals surface area contributed by atoms with Crippen LogP contribution in [0.5, 0.6) is 0 Å². The SMILES string of the molecule is CN(C)C/C=C/C(=O)Nc1cccc(N(C=O)c2nc(Nc3ccc(N4CCN(C)CC4)nc3)ncc2CCN(C)Cc2ccccc2)c1. The van der Waals surface area contributed by atoms with Crippen molar-refractivity contribution in [1.82, 2.24) is 29.7 Å². The van der Waals surface area contributed by atoms with Crippen molar-refractivity contribution in [2.24, 2.45) is 0 Å². The van der Waals surface area contributed by atoms with Crippen LogP contribution in [-0.4, -0.2) is 109 Å².